The predicted molar refractivity (Wildman–Crippen MR) is 84.3 cm³/mol. The lowest BCUT2D eigenvalue weighted by Gasteiger charge is -2.39. The number of hydrogen-bond donors (Lipinski definition) is 0. The van der Waals surface area contributed by atoms with Crippen molar-refractivity contribution in [3.8, 4) is 0 Å². The number of piperidine rings is 1. The number of carbonyl (C=O) groups excluding carboxylic acids is 1. The van der Waals surface area contributed by atoms with Crippen molar-refractivity contribution < 1.29 is 22.7 Å². The van der Waals surface area contributed by atoms with Crippen LogP contribution in [-0.2, 0) is 9.53 Å². The zero-order chi connectivity index (χ0) is 17.6. The molecule has 1 aromatic rings. The van der Waals surface area contributed by atoms with Crippen LogP contribution < -0.4 is 0 Å². The van der Waals surface area contributed by atoms with Crippen LogP contribution in [0.15, 0.2) is 17.1 Å². The third-order valence-corrected chi connectivity index (χ3v) is 5.05. The van der Waals surface area contributed by atoms with Gasteiger partial charge in [-0.15, -0.1) is 0 Å². The minimum Gasteiger partial charge on any atom is -0.375 e. The van der Waals surface area contributed by atoms with E-state index in [1.165, 1.54) is 7.11 Å². The number of ether oxygens (including phenoxy) is 1. The third kappa shape index (κ3) is 2.89. The van der Waals surface area contributed by atoms with Crippen molar-refractivity contribution in [3.63, 3.8) is 0 Å². The fraction of sp³-hybridized carbons (Fsp3) is 0.467. The molecule has 2 atom stereocenters. The summed E-state index contributed by atoms with van der Waals surface area (Å²) in [6, 6.07) is 1.36. The molecule has 0 N–H and O–H groups in total. The van der Waals surface area contributed by atoms with E-state index in [1.807, 2.05) is 0 Å². The normalized spacial score (nSPS) is 22.9. The summed E-state index contributed by atoms with van der Waals surface area (Å²) in [4.78, 5) is 17.2. The first-order chi connectivity index (χ1) is 11.2. The number of hydrogen-bond acceptors (Lipinski definition) is 3. The summed E-state index contributed by atoms with van der Waals surface area (Å²) in [5, 5.41) is 0.507. The number of alkyl halides is 3. The van der Waals surface area contributed by atoms with Crippen LogP contribution in [0.2, 0.25) is 10.0 Å². The molecule has 0 radical (unpaired) electrons. The molecule has 4 nitrogen and oxygen atoms in total. The first kappa shape index (κ1) is 17.5. The smallest absolute Gasteiger partial charge is 0.375 e. The Kier molecular flexibility index (Phi) is 4.53. The first-order valence-corrected chi connectivity index (χ1v) is 7.90. The Labute approximate surface area is 146 Å². The number of nitrogens with zero attached hydrogens (tertiary/aromatic N) is 2. The van der Waals surface area contributed by atoms with Gasteiger partial charge in [-0.1, -0.05) is 29.3 Å². The molecule has 2 aliphatic rings. The summed E-state index contributed by atoms with van der Waals surface area (Å²) in [6.45, 7) is -0.518. The van der Waals surface area contributed by atoms with Gasteiger partial charge in [0, 0.05) is 31.7 Å². The van der Waals surface area contributed by atoms with Crippen molar-refractivity contribution in [2.24, 2.45) is 4.99 Å². The molecule has 1 fully saturated rings. The quantitative estimate of drug-likeness (QED) is 0.778. The van der Waals surface area contributed by atoms with Crippen molar-refractivity contribution in [2.45, 2.75) is 24.6 Å². The average molecular weight is 381 g/mol. The highest BCUT2D eigenvalue weighted by Gasteiger charge is 2.51. The van der Waals surface area contributed by atoms with Gasteiger partial charge in [-0.25, -0.2) is 0 Å². The Morgan fingerprint density at radius 1 is 1.42 bits per heavy atom. The number of benzene rings is 1. The largest absolute Gasteiger partial charge is 0.409 e. The van der Waals surface area contributed by atoms with Crippen LogP contribution in [0.5, 0.6) is 0 Å². The van der Waals surface area contributed by atoms with Crippen molar-refractivity contribution in [3.05, 3.63) is 27.7 Å². The molecule has 24 heavy (non-hydrogen) atoms. The van der Waals surface area contributed by atoms with Crippen molar-refractivity contribution in [1.82, 2.24) is 4.90 Å². The van der Waals surface area contributed by atoms with Gasteiger partial charge in [-0.05, 0) is 11.6 Å². The molecule has 9 heteroatoms. The Morgan fingerprint density at radius 3 is 2.75 bits per heavy atom. The molecule has 0 aliphatic carbocycles. The van der Waals surface area contributed by atoms with Crippen LogP contribution in [0.4, 0.5) is 18.9 Å². The zero-order valence-corrected chi connectivity index (χ0v) is 14.0. The van der Waals surface area contributed by atoms with Gasteiger partial charge in [0.1, 0.15) is 12.6 Å². The second-order valence-electron chi connectivity index (χ2n) is 5.70. The van der Waals surface area contributed by atoms with Gasteiger partial charge in [0.05, 0.1) is 15.7 Å². The molecule has 0 aromatic heterocycles. The average Bonchev–Trinajstić information content (AvgIpc) is 2.87. The molecular formula is C15H13Cl2F3N2O2. The molecule has 2 heterocycles. The van der Waals surface area contributed by atoms with Crippen LogP contribution in [0.25, 0.3) is 0 Å². The van der Waals surface area contributed by atoms with E-state index < -0.39 is 30.7 Å². The first-order valence-electron chi connectivity index (χ1n) is 7.14. The molecule has 0 bridgehead atoms. The highest BCUT2D eigenvalue weighted by molar-refractivity contribution is 6.44. The van der Waals surface area contributed by atoms with Crippen molar-refractivity contribution in [1.29, 1.82) is 0 Å². The van der Waals surface area contributed by atoms with E-state index in [0.717, 1.165) is 4.90 Å². The van der Waals surface area contributed by atoms with Gasteiger partial charge in [0.2, 0.25) is 5.91 Å². The Bertz CT molecular complexity index is 721. The molecule has 1 saturated heterocycles. The molecular weight excluding hydrogens is 368 g/mol. The molecule has 0 saturated carbocycles. The van der Waals surface area contributed by atoms with Gasteiger partial charge in [0.25, 0.3) is 0 Å². The third-order valence-electron chi connectivity index (χ3n) is 4.26. The minimum atomic E-state index is -4.55. The SMILES string of the molecule is COCC(=O)N1CC2C(=Nc3c2ccc(Cl)c3Cl)C[C@H]1C(F)(F)F. The summed E-state index contributed by atoms with van der Waals surface area (Å²) < 4.78 is 44.9. The van der Waals surface area contributed by atoms with Crippen LogP contribution >= 0.6 is 23.2 Å². The van der Waals surface area contributed by atoms with E-state index in [4.69, 9.17) is 27.9 Å². The second-order valence-corrected chi connectivity index (χ2v) is 6.48. The van der Waals surface area contributed by atoms with Crippen LogP contribution in [0.1, 0.15) is 17.9 Å². The van der Waals surface area contributed by atoms with Gasteiger partial charge in [-0.3, -0.25) is 9.79 Å². The summed E-state index contributed by atoms with van der Waals surface area (Å²) in [5.74, 6) is -1.11. The number of fused-ring (bicyclic) bond motifs is 3. The van der Waals surface area contributed by atoms with Gasteiger partial charge >= 0.3 is 6.18 Å². The number of methoxy groups -OCH3 is 1. The topological polar surface area (TPSA) is 41.9 Å². The molecule has 1 unspecified atom stereocenters. The summed E-state index contributed by atoms with van der Waals surface area (Å²) in [5.41, 5.74) is 1.46. The van der Waals surface area contributed by atoms with Crippen LogP contribution in [0.3, 0.4) is 0 Å². The summed E-state index contributed by atoms with van der Waals surface area (Å²) in [6.07, 6.45) is -4.93. The highest BCUT2D eigenvalue weighted by Crippen LogP contribution is 2.47. The van der Waals surface area contributed by atoms with Crippen molar-refractivity contribution >= 4 is 40.5 Å². The van der Waals surface area contributed by atoms with E-state index in [0.29, 0.717) is 17.0 Å². The summed E-state index contributed by atoms with van der Waals surface area (Å²) >= 11 is 12.1. The van der Waals surface area contributed by atoms with Crippen LogP contribution in [0, 0.1) is 0 Å². The Balaban J connectivity index is 2.00. The van der Waals surface area contributed by atoms with Crippen LogP contribution in [-0.4, -0.2) is 49.0 Å². The predicted octanol–water partition coefficient (Wildman–Crippen LogP) is 3.97. The number of likely N-dealkylation sites (tertiary alicyclic amines) is 1. The number of halogens is 5. The maximum absolute atomic E-state index is 13.4. The van der Waals surface area contributed by atoms with E-state index in [1.54, 1.807) is 12.1 Å². The fourth-order valence-electron chi connectivity index (χ4n) is 3.15. The minimum absolute atomic E-state index is 0.115. The highest BCUT2D eigenvalue weighted by atomic mass is 35.5. The summed E-state index contributed by atoms with van der Waals surface area (Å²) in [7, 11) is 1.27. The molecule has 1 aromatic carbocycles. The van der Waals surface area contributed by atoms with E-state index in [9.17, 15) is 18.0 Å². The van der Waals surface area contributed by atoms with Gasteiger partial charge < -0.3 is 9.64 Å². The molecule has 3 rings (SSSR count). The molecule has 130 valence electrons. The van der Waals surface area contributed by atoms with Gasteiger partial charge in [-0.2, -0.15) is 13.2 Å². The lowest BCUT2D eigenvalue weighted by atomic mass is 9.86. The van der Waals surface area contributed by atoms with Crippen molar-refractivity contribution in [2.75, 3.05) is 20.3 Å². The molecule has 0 spiro atoms. The van der Waals surface area contributed by atoms with E-state index in [2.05, 4.69) is 4.99 Å². The maximum atomic E-state index is 13.4. The Morgan fingerprint density at radius 2 is 2.12 bits per heavy atom. The molecule has 1 amide bonds. The van der Waals surface area contributed by atoms with Gasteiger partial charge in [0.15, 0.2) is 0 Å². The fourth-order valence-corrected chi connectivity index (χ4v) is 3.52. The monoisotopic (exact) mass is 380 g/mol. The number of carbonyl (C=O) groups is 1. The standard InChI is InChI=1S/C15H13Cl2F3N2O2/c1-24-6-12(23)22-5-8-7-2-3-9(16)13(17)14(7)21-10(8)4-11(22)15(18,19)20/h2-3,8,11H,4-6H2,1H3/t8?,11-/m0/s1. The molecule has 2 aliphatic heterocycles. The second kappa shape index (κ2) is 6.20. The lowest BCUT2D eigenvalue weighted by molar-refractivity contribution is -0.191. The van der Waals surface area contributed by atoms with E-state index >= 15 is 0 Å². The lowest BCUT2D eigenvalue weighted by Crippen LogP contribution is -2.56. The maximum Gasteiger partial charge on any atom is 0.409 e. The number of amides is 1. The number of aliphatic imine (C=N–C) groups is 1. The number of rotatable bonds is 2. The Hall–Kier alpha value is -1.31. The zero-order valence-electron chi connectivity index (χ0n) is 12.5. The van der Waals surface area contributed by atoms with E-state index in [-0.39, 0.29) is 23.0 Å².